The summed E-state index contributed by atoms with van der Waals surface area (Å²) in [6.07, 6.45) is -8.26. The number of hydrogen-bond donors (Lipinski definition) is 0. The van der Waals surface area contributed by atoms with Crippen molar-refractivity contribution in [2.75, 3.05) is 0 Å². The minimum atomic E-state index is -6.61. The van der Waals surface area contributed by atoms with Crippen LogP contribution in [0.5, 0.6) is 0 Å². The van der Waals surface area contributed by atoms with Gasteiger partial charge in [-0.25, -0.2) is 0 Å². The monoisotopic (exact) mass is 278 g/mol. The van der Waals surface area contributed by atoms with Crippen LogP contribution in [0.3, 0.4) is 0 Å². The normalized spacial score (nSPS) is 14.9. The average molecular weight is 278 g/mol. The third-order valence-corrected chi connectivity index (χ3v) is 1.54. The van der Waals surface area contributed by atoms with E-state index in [0.29, 0.717) is 0 Å². The fourth-order valence-corrected chi connectivity index (χ4v) is 0.800. The quantitative estimate of drug-likeness (QED) is 0.432. The van der Waals surface area contributed by atoms with Crippen LogP contribution in [0.15, 0.2) is 0 Å². The molecule has 0 aromatic heterocycles. The smallest absolute Gasteiger partial charge is 0.296 e. The number of hydrogen-bond acceptors (Lipinski definition) is 4. The second-order valence-electron chi connectivity index (χ2n) is 2.31. The van der Waals surface area contributed by atoms with Crippen LogP contribution < -0.4 is 0 Å². The molecule has 0 aromatic carbocycles. The zero-order chi connectivity index (χ0) is 13.4. The molecule has 0 aliphatic rings. The van der Waals surface area contributed by atoms with Crippen LogP contribution in [0, 0.1) is 0 Å². The van der Waals surface area contributed by atoms with E-state index in [9.17, 15) is 43.4 Å². The number of alkyl halides is 6. The number of rotatable bonds is 5. The molecule has 0 fully saturated rings. The lowest BCUT2D eigenvalue weighted by atomic mass is 10.2. The Balaban J connectivity index is 5.38. The van der Waals surface area contributed by atoms with Crippen LogP contribution in [0.25, 0.3) is 0 Å². The lowest BCUT2D eigenvalue weighted by Gasteiger charge is -2.27. The molecule has 0 saturated carbocycles. The molecule has 0 aliphatic heterocycles. The van der Waals surface area contributed by atoms with E-state index in [1.807, 2.05) is 4.18 Å². The molecule has 16 heavy (non-hydrogen) atoms. The second-order valence-corrected chi connectivity index (χ2v) is 3.26. The number of halogens is 7. The van der Waals surface area contributed by atoms with Crippen molar-refractivity contribution in [2.24, 2.45) is 0 Å². The molecule has 0 rings (SSSR count). The molecule has 0 aromatic rings. The molecule has 0 atom stereocenters. The van der Waals surface area contributed by atoms with Crippen molar-refractivity contribution >= 4 is 16.8 Å². The number of aldehydes is 1. The molecular formula is C4HF7O4S. The highest BCUT2D eigenvalue weighted by molar-refractivity contribution is 7.81. The van der Waals surface area contributed by atoms with Gasteiger partial charge in [0.05, 0.1) is 0 Å². The first kappa shape index (κ1) is 15.1. The molecule has 0 N–H and O–H groups in total. The standard InChI is InChI=1S/C4HF7O4S/c5-2(6,1-12)3(7,8)4(9,10)15-16(11,13)14/h1H. The van der Waals surface area contributed by atoms with Gasteiger partial charge in [-0.2, -0.15) is 38.9 Å². The first-order chi connectivity index (χ1) is 6.77. The maximum atomic E-state index is 12.2. The third kappa shape index (κ3) is 2.81. The summed E-state index contributed by atoms with van der Waals surface area (Å²) < 4.78 is 105. The first-order valence-electron chi connectivity index (χ1n) is 3.02. The highest BCUT2D eigenvalue weighted by atomic mass is 32.3. The van der Waals surface area contributed by atoms with Crippen LogP contribution >= 0.6 is 0 Å². The molecule has 0 spiro atoms. The van der Waals surface area contributed by atoms with Gasteiger partial charge in [0.15, 0.2) is 6.29 Å². The van der Waals surface area contributed by atoms with Gasteiger partial charge in [-0.3, -0.25) is 4.79 Å². The summed E-state index contributed by atoms with van der Waals surface area (Å²) in [5.74, 6) is -12.5. The Morgan fingerprint density at radius 2 is 1.38 bits per heavy atom. The van der Waals surface area contributed by atoms with Gasteiger partial charge in [0, 0.05) is 0 Å². The zero-order valence-corrected chi connectivity index (χ0v) is 7.58. The zero-order valence-electron chi connectivity index (χ0n) is 6.76. The Labute approximate surface area is 83.4 Å². The lowest BCUT2D eigenvalue weighted by Crippen LogP contribution is -2.56. The Kier molecular flexibility index (Phi) is 3.62. The molecule has 0 aliphatic carbocycles. The van der Waals surface area contributed by atoms with Gasteiger partial charge >= 0.3 is 28.5 Å². The van der Waals surface area contributed by atoms with Crippen LogP contribution in [0.4, 0.5) is 30.2 Å². The van der Waals surface area contributed by atoms with E-state index in [0.717, 1.165) is 0 Å². The summed E-state index contributed by atoms with van der Waals surface area (Å²) in [4.78, 5) is 9.42. The summed E-state index contributed by atoms with van der Waals surface area (Å²) in [6, 6.07) is 0. The Hall–Kier alpha value is -0.910. The lowest BCUT2D eigenvalue weighted by molar-refractivity contribution is -0.359. The van der Waals surface area contributed by atoms with E-state index >= 15 is 0 Å². The predicted octanol–water partition coefficient (Wildman–Crippen LogP) is 1.28. The van der Waals surface area contributed by atoms with Gasteiger partial charge in [-0.15, -0.1) is 0 Å². The molecule has 0 saturated heterocycles. The summed E-state index contributed by atoms with van der Waals surface area (Å²) in [7, 11) is -6.61. The van der Waals surface area contributed by atoms with Crippen molar-refractivity contribution in [1.29, 1.82) is 0 Å². The molecule has 0 heterocycles. The van der Waals surface area contributed by atoms with Crippen molar-refractivity contribution < 1.29 is 47.6 Å². The summed E-state index contributed by atoms with van der Waals surface area (Å²) in [5.41, 5.74) is 0. The SMILES string of the molecule is O=CC(F)(F)C(F)(F)C(F)(F)OS(=O)(=O)F. The van der Waals surface area contributed by atoms with Crippen molar-refractivity contribution in [3.8, 4) is 0 Å². The molecule has 96 valence electrons. The molecule has 0 bridgehead atoms. The van der Waals surface area contributed by atoms with Gasteiger partial charge in [-0.1, -0.05) is 3.89 Å². The Bertz CT molecular complexity index is 374. The van der Waals surface area contributed by atoms with Gasteiger partial charge < -0.3 is 0 Å². The summed E-state index contributed by atoms with van der Waals surface area (Å²) >= 11 is 0. The minimum absolute atomic E-state index is 1.85. The maximum Gasteiger partial charge on any atom is 0.442 e. The van der Waals surface area contributed by atoms with Crippen molar-refractivity contribution in [1.82, 2.24) is 0 Å². The summed E-state index contributed by atoms with van der Waals surface area (Å²) in [5, 5.41) is 0. The van der Waals surface area contributed by atoms with Crippen LogP contribution in [0.1, 0.15) is 0 Å². The van der Waals surface area contributed by atoms with Gasteiger partial charge in [0.25, 0.3) is 0 Å². The topological polar surface area (TPSA) is 60.4 Å². The third-order valence-electron chi connectivity index (χ3n) is 1.14. The Morgan fingerprint density at radius 3 is 1.62 bits per heavy atom. The van der Waals surface area contributed by atoms with E-state index in [2.05, 4.69) is 0 Å². The molecule has 4 nitrogen and oxygen atoms in total. The highest BCUT2D eigenvalue weighted by Gasteiger charge is 2.74. The van der Waals surface area contributed by atoms with Crippen molar-refractivity contribution in [3.63, 3.8) is 0 Å². The summed E-state index contributed by atoms with van der Waals surface area (Å²) in [6.45, 7) is 0. The van der Waals surface area contributed by atoms with Gasteiger partial charge in [0.2, 0.25) is 0 Å². The second kappa shape index (κ2) is 3.84. The Morgan fingerprint density at radius 1 is 1.00 bits per heavy atom. The minimum Gasteiger partial charge on any atom is -0.296 e. The van der Waals surface area contributed by atoms with E-state index in [4.69, 9.17) is 0 Å². The first-order valence-corrected chi connectivity index (χ1v) is 4.33. The predicted molar refractivity (Wildman–Crippen MR) is 32.0 cm³/mol. The van der Waals surface area contributed by atoms with Gasteiger partial charge in [0.1, 0.15) is 0 Å². The van der Waals surface area contributed by atoms with E-state index < -0.39 is 34.7 Å². The molecule has 0 unspecified atom stereocenters. The fourth-order valence-electron chi connectivity index (χ4n) is 0.445. The van der Waals surface area contributed by atoms with Crippen LogP contribution in [-0.2, 0) is 19.5 Å². The van der Waals surface area contributed by atoms with E-state index in [1.54, 1.807) is 0 Å². The van der Waals surface area contributed by atoms with Crippen molar-refractivity contribution in [3.05, 3.63) is 0 Å². The molecular weight excluding hydrogens is 277 g/mol. The molecule has 12 heteroatoms. The number of carbonyl (C=O) groups excluding carboxylic acids is 1. The molecule has 0 amide bonds. The van der Waals surface area contributed by atoms with E-state index in [-0.39, 0.29) is 0 Å². The van der Waals surface area contributed by atoms with Crippen LogP contribution in [0.2, 0.25) is 0 Å². The largest absolute Gasteiger partial charge is 0.442 e. The fraction of sp³-hybridized carbons (Fsp3) is 0.750. The molecule has 0 radical (unpaired) electrons. The average Bonchev–Trinajstić information content (AvgIpc) is 1.99. The van der Waals surface area contributed by atoms with Crippen LogP contribution in [-0.4, -0.2) is 32.7 Å². The van der Waals surface area contributed by atoms with E-state index in [1.165, 1.54) is 0 Å². The van der Waals surface area contributed by atoms with Gasteiger partial charge in [-0.05, 0) is 0 Å². The highest BCUT2D eigenvalue weighted by Crippen LogP contribution is 2.46. The maximum absolute atomic E-state index is 12.2. The number of carbonyl (C=O) groups is 1. The van der Waals surface area contributed by atoms with Crippen molar-refractivity contribution in [2.45, 2.75) is 18.0 Å².